The van der Waals surface area contributed by atoms with Crippen molar-refractivity contribution in [1.82, 2.24) is 4.57 Å². The molecule has 0 radical (unpaired) electrons. The second-order valence-electron chi connectivity index (χ2n) is 18.5. The number of aromatic nitrogens is 2. The molecule has 1 unspecified atom stereocenters. The molecule has 0 N–H and O–H groups in total. The summed E-state index contributed by atoms with van der Waals surface area (Å²) in [6.07, 6.45) is 51.7. The predicted molar refractivity (Wildman–Crippen MR) is 256 cm³/mol. The summed E-state index contributed by atoms with van der Waals surface area (Å²) < 4.78 is 5.45. The molecule has 0 amide bonds. The van der Waals surface area contributed by atoms with Gasteiger partial charge in [0.15, 0.2) is 0 Å². The smallest absolute Gasteiger partial charge is 0.234 e. The van der Waals surface area contributed by atoms with Crippen molar-refractivity contribution >= 4 is 0 Å². The van der Waals surface area contributed by atoms with Crippen molar-refractivity contribution in [2.24, 2.45) is 0 Å². The zero-order valence-electron chi connectivity index (χ0n) is 39.0. The molecule has 2 nitrogen and oxygen atoms in total. The number of hydrogen-bond acceptors (Lipinski definition) is 0. The van der Waals surface area contributed by atoms with E-state index in [1.165, 1.54) is 235 Å². The van der Waals surface area contributed by atoms with Gasteiger partial charge in [-0.15, -0.1) is 0 Å². The third kappa shape index (κ3) is 24.0. The summed E-state index contributed by atoms with van der Waals surface area (Å²) in [6.45, 7) is 9.36. The van der Waals surface area contributed by atoms with Crippen molar-refractivity contribution in [3.05, 3.63) is 89.5 Å². The molecule has 1 aromatic heterocycles. The fourth-order valence-corrected chi connectivity index (χ4v) is 9.29. The van der Waals surface area contributed by atoms with Gasteiger partial charge in [0.05, 0.1) is 19.5 Å². The number of benzene rings is 2. The van der Waals surface area contributed by atoms with E-state index in [-0.39, 0.29) is 0 Å². The van der Waals surface area contributed by atoms with Crippen LogP contribution in [0.2, 0.25) is 0 Å². The Balaban J connectivity index is 1.43. The second-order valence-corrected chi connectivity index (χ2v) is 18.5. The fraction of sp³-hybridized carbons (Fsp3) is 0.732. The van der Waals surface area contributed by atoms with Gasteiger partial charge in [0.1, 0.15) is 11.9 Å². The molecule has 2 aromatic carbocycles. The van der Waals surface area contributed by atoms with E-state index in [0.29, 0.717) is 5.92 Å². The molecule has 58 heavy (non-hydrogen) atoms. The molecule has 0 saturated carbocycles. The average molecular weight is 796 g/mol. The van der Waals surface area contributed by atoms with E-state index < -0.39 is 0 Å². The van der Waals surface area contributed by atoms with Crippen LogP contribution in [0.15, 0.2) is 66.9 Å². The Morgan fingerprint density at radius 2 is 0.793 bits per heavy atom. The van der Waals surface area contributed by atoms with Crippen LogP contribution in [0.3, 0.4) is 0 Å². The van der Waals surface area contributed by atoms with Crippen molar-refractivity contribution in [3.8, 4) is 0 Å². The maximum atomic E-state index is 2.77. The maximum absolute atomic E-state index is 2.77. The van der Waals surface area contributed by atoms with Gasteiger partial charge in [-0.25, -0.2) is 9.13 Å². The van der Waals surface area contributed by atoms with Crippen molar-refractivity contribution in [2.75, 3.05) is 0 Å². The minimum absolute atomic E-state index is 0.513. The lowest BCUT2D eigenvalue weighted by Crippen LogP contribution is -2.41. The summed E-state index contributed by atoms with van der Waals surface area (Å²) in [5, 5.41) is 0. The molecule has 3 rings (SSSR count). The number of unbranched alkanes of at least 4 members (excludes halogenated alkanes) is 31. The first-order valence-electron chi connectivity index (χ1n) is 25.9. The van der Waals surface area contributed by atoms with Crippen LogP contribution in [0.4, 0.5) is 0 Å². The van der Waals surface area contributed by atoms with E-state index >= 15 is 0 Å². The molecule has 0 aliphatic rings. The number of rotatable bonds is 40. The average Bonchev–Trinajstić information content (AvgIpc) is 3.56. The minimum atomic E-state index is 0.513. The largest absolute Gasteiger partial charge is 0.261 e. The van der Waals surface area contributed by atoms with E-state index in [2.05, 4.69) is 96.8 Å². The molecule has 0 aliphatic heterocycles. The van der Waals surface area contributed by atoms with Crippen molar-refractivity contribution in [1.29, 1.82) is 0 Å². The van der Waals surface area contributed by atoms with Gasteiger partial charge in [-0.05, 0) is 42.7 Å². The molecule has 3 aromatic rings. The molecule has 328 valence electrons. The molecule has 0 aliphatic carbocycles. The summed E-state index contributed by atoms with van der Waals surface area (Å²) in [5.74, 6) is 2.04. The second kappa shape index (κ2) is 35.4. The Labute approximate surface area is 361 Å². The predicted octanol–water partition coefficient (Wildman–Crippen LogP) is 17.6. The molecule has 0 fully saturated rings. The first kappa shape index (κ1) is 50.0. The lowest BCUT2D eigenvalue weighted by atomic mass is 9.96. The molecular weight excluding hydrogens is 701 g/mol. The van der Waals surface area contributed by atoms with E-state index in [1.54, 1.807) is 0 Å². The van der Waals surface area contributed by atoms with Crippen LogP contribution < -0.4 is 4.57 Å². The number of aryl methyl sites for hydroxylation is 1. The first-order chi connectivity index (χ1) is 28.7. The van der Waals surface area contributed by atoms with Crippen LogP contribution in [0.5, 0.6) is 0 Å². The van der Waals surface area contributed by atoms with Gasteiger partial charge in [0.2, 0.25) is 0 Å². The molecule has 1 atom stereocenters. The van der Waals surface area contributed by atoms with Gasteiger partial charge in [-0.1, -0.05) is 268 Å². The van der Waals surface area contributed by atoms with Crippen LogP contribution in [0.25, 0.3) is 0 Å². The lowest BCUT2D eigenvalue weighted by Gasteiger charge is -2.12. The first-order valence-corrected chi connectivity index (χ1v) is 25.9. The standard InChI is InChI=1S/C56H95N2/c1-4-6-8-10-12-14-16-18-20-22-23-25-27-29-31-33-41-47-57-51-55(49-52(3)54-45-39-36-40-46-54)58(56(57)50-53-43-37-35-38-44-53)48-42-34-32-30-28-26-24-21-19-17-15-13-11-9-7-5-2/h35-40,43-46,51-52H,4-34,41-42,47-50H2,1-3H3/q+1. The van der Waals surface area contributed by atoms with Crippen LogP contribution in [0.1, 0.15) is 261 Å². The molecular formula is C56H95N2+. The highest BCUT2D eigenvalue weighted by atomic mass is 15.2. The SMILES string of the molecule is CCCCCCCCCCCCCCCCCCCn1cc(CC(C)c2ccccc2)[n+](CCCCCCCCCCCCCCCCCC)c1Cc1ccccc1. The van der Waals surface area contributed by atoms with Crippen LogP contribution >= 0.6 is 0 Å². The summed E-state index contributed by atoms with van der Waals surface area (Å²) in [5.41, 5.74) is 4.44. The molecule has 0 bridgehead atoms. The van der Waals surface area contributed by atoms with E-state index in [0.717, 1.165) is 25.9 Å². The van der Waals surface area contributed by atoms with Gasteiger partial charge < -0.3 is 0 Å². The van der Waals surface area contributed by atoms with Gasteiger partial charge in [0, 0.05) is 6.42 Å². The number of imidazole rings is 1. The Morgan fingerprint density at radius 1 is 0.431 bits per heavy atom. The van der Waals surface area contributed by atoms with Crippen LogP contribution in [-0.2, 0) is 25.9 Å². The Hall–Kier alpha value is -2.35. The summed E-state index contributed by atoms with van der Waals surface area (Å²) in [6, 6.07) is 22.5. The quantitative estimate of drug-likeness (QED) is 0.0400. The monoisotopic (exact) mass is 796 g/mol. The molecule has 2 heteroatoms. The Bertz CT molecular complexity index is 1310. The third-order valence-electron chi connectivity index (χ3n) is 13.1. The van der Waals surface area contributed by atoms with Gasteiger partial charge in [-0.2, -0.15) is 0 Å². The van der Waals surface area contributed by atoms with Crippen molar-refractivity contribution in [2.45, 2.75) is 265 Å². The van der Waals surface area contributed by atoms with Gasteiger partial charge in [0.25, 0.3) is 5.82 Å². The molecule has 0 saturated heterocycles. The van der Waals surface area contributed by atoms with Gasteiger partial charge >= 0.3 is 0 Å². The Kier molecular flexibility index (Phi) is 30.5. The van der Waals surface area contributed by atoms with E-state index in [4.69, 9.17) is 0 Å². The normalized spacial score (nSPS) is 12.1. The maximum Gasteiger partial charge on any atom is 0.261 e. The Morgan fingerprint density at radius 3 is 1.21 bits per heavy atom. The number of hydrogen-bond donors (Lipinski definition) is 0. The number of nitrogens with zero attached hydrogens (tertiary/aromatic N) is 2. The lowest BCUT2D eigenvalue weighted by molar-refractivity contribution is -0.710. The topological polar surface area (TPSA) is 8.81 Å². The van der Waals surface area contributed by atoms with E-state index in [9.17, 15) is 0 Å². The summed E-state index contributed by atoms with van der Waals surface area (Å²) in [7, 11) is 0. The highest BCUT2D eigenvalue weighted by Crippen LogP contribution is 2.22. The zero-order valence-corrected chi connectivity index (χ0v) is 39.0. The third-order valence-corrected chi connectivity index (χ3v) is 13.1. The minimum Gasteiger partial charge on any atom is -0.234 e. The highest BCUT2D eigenvalue weighted by Gasteiger charge is 2.25. The fourth-order valence-electron chi connectivity index (χ4n) is 9.29. The van der Waals surface area contributed by atoms with Crippen LogP contribution in [0, 0.1) is 0 Å². The molecule has 1 heterocycles. The zero-order chi connectivity index (χ0) is 41.0. The van der Waals surface area contributed by atoms with Crippen molar-refractivity contribution < 1.29 is 4.57 Å². The molecule has 0 spiro atoms. The highest BCUT2D eigenvalue weighted by molar-refractivity contribution is 5.21. The summed E-state index contributed by atoms with van der Waals surface area (Å²) in [4.78, 5) is 0. The van der Waals surface area contributed by atoms with Gasteiger partial charge in [-0.3, -0.25) is 0 Å². The summed E-state index contributed by atoms with van der Waals surface area (Å²) >= 11 is 0. The van der Waals surface area contributed by atoms with Crippen LogP contribution in [-0.4, -0.2) is 4.57 Å². The van der Waals surface area contributed by atoms with E-state index in [1.807, 2.05) is 0 Å². The van der Waals surface area contributed by atoms with Crippen molar-refractivity contribution in [3.63, 3.8) is 0 Å².